The minimum atomic E-state index is -0.295. The van der Waals surface area contributed by atoms with Crippen molar-refractivity contribution in [2.45, 2.75) is 37.3 Å². The quantitative estimate of drug-likeness (QED) is 0.484. The molecule has 1 N–H and O–H groups in total. The van der Waals surface area contributed by atoms with E-state index in [0.29, 0.717) is 19.4 Å². The van der Waals surface area contributed by atoms with E-state index < -0.39 is 0 Å². The van der Waals surface area contributed by atoms with Crippen LogP contribution >= 0.6 is 28.6 Å². The maximum atomic E-state index is 12.3. The number of hydrogen-bond acceptors (Lipinski definition) is 6. The minimum absolute atomic E-state index is 0.124. The SMILES string of the molecule is O=C1CCC(N2Cc3ccc(CN4CCN(c5ccccc5Br)CC4)cc3C2S)C(=O)N1. The number of anilines is 1. The Balaban J connectivity index is 1.22. The molecule has 5 rings (SSSR count). The Morgan fingerprint density at radius 1 is 1.06 bits per heavy atom. The van der Waals surface area contributed by atoms with Crippen molar-refractivity contribution < 1.29 is 9.59 Å². The molecule has 2 aromatic carbocycles. The van der Waals surface area contributed by atoms with Crippen LogP contribution in [0.2, 0.25) is 0 Å². The van der Waals surface area contributed by atoms with Crippen molar-refractivity contribution in [2.24, 2.45) is 0 Å². The van der Waals surface area contributed by atoms with Crippen LogP contribution in [0.3, 0.4) is 0 Å². The number of carbonyl (C=O) groups is 2. The van der Waals surface area contributed by atoms with Crippen LogP contribution in [0.15, 0.2) is 46.9 Å². The van der Waals surface area contributed by atoms with Gasteiger partial charge in [0, 0.05) is 50.2 Å². The lowest BCUT2D eigenvalue weighted by molar-refractivity contribution is -0.137. The Labute approximate surface area is 202 Å². The molecule has 3 aliphatic heterocycles. The summed E-state index contributed by atoms with van der Waals surface area (Å²) in [5.74, 6) is -0.378. The summed E-state index contributed by atoms with van der Waals surface area (Å²) in [4.78, 5) is 30.9. The molecule has 0 radical (unpaired) electrons. The van der Waals surface area contributed by atoms with E-state index >= 15 is 0 Å². The first kappa shape index (κ1) is 21.9. The van der Waals surface area contributed by atoms with E-state index in [2.05, 4.69) is 72.3 Å². The number of imide groups is 1. The second-order valence-electron chi connectivity index (χ2n) is 8.76. The lowest BCUT2D eigenvalue weighted by Gasteiger charge is -2.36. The number of piperazine rings is 1. The zero-order chi connectivity index (χ0) is 22.2. The molecule has 3 heterocycles. The first-order valence-electron chi connectivity index (χ1n) is 11.1. The summed E-state index contributed by atoms with van der Waals surface area (Å²) < 4.78 is 1.15. The third-order valence-corrected chi connectivity index (χ3v) is 7.98. The first-order chi connectivity index (χ1) is 15.5. The van der Waals surface area contributed by atoms with Crippen molar-refractivity contribution in [3.05, 3.63) is 63.6 Å². The molecule has 0 bridgehead atoms. The molecule has 2 atom stereocenters. The van der Waals surface area contributed by atoms with Crippen LogP contribution < -0.4 is 10.2 Å². The van der Waals surface area contributed by atoms with Crippen LogP contribution in [0.5, 0.6) is 0 Å². The van der Waals surface area contributed by atoms with E-state index in [-0.39, 0.29) is 23.2 Å². The normalized spacial score (nSPS) is 24.5. The zero-order valence-corrected chi connectivity index (χ0v) is 20.3. The molecule has 2 fully saturated rings. The number of thiol groups is 1. The van der Waals surface area contributed by atoms with E-state index in [4.69, 9.17) is 12.6 Å². The van der Waals surface area contributed by atoms with Gasteiger partial charge >= 0.3 is 0 Å². The number of halogens is 1. The summed E-state index contributed by atoms with van der Waals surface area (Å²) in [5, 5.41) is 2.35. The van der Waals surface area contributed by atoms with Crippen molar-refractivity contribution in [3.8, 4) is 0 Å². The second-order valence-corrected chi connectivity index (χ2v) is 10.1. The van der Waals surface area contributed by atoms with Gasteiger partial charge in [0.2, 0.25) is 11.8 Å². The molecule has 0 aromatic heterocycles. The molecule has 2 aromatic rings. The van der Waals surface area contributed by atoms with Gasteiger partial charge in [-0.3, -0.25) is 24.7 Å². The summed E-state index contributed by atoms with van der Waals surface area (Å²) in [6.07, 6.45) is 0.949. The van der Waals surface area contributed by atoms with Crippen LogP contribution in [0.1, 0.15) is 34.9 Å². The maximum absolute atomic E-state index is 12.3. The van der Waals surface area contributed by atoms with Gasteiger partial charge in [-0.25, -0.2) is 0 Å². The molecular weight excluding hydrogens is 488 g/mol. The van der Waals surface area contributed by atoms with Gasteiger partial charge in [-0.1, -0.05) is 30.3 Å². The molecule has 0 saturated carbocycles. The molecule has 2 unspecified atom stereocenters. The smallest absolute Gasteiger partial charge is 0.243 e. The lowest BCUT2D eigenvalue weighted by atomic mass is 10.0. The van der Waals surface area contributed by atoms with Crippen molar-refractivity contribution in [1.29, 1.82) is 0 Å². The highest BCUT2D eigenvalue weighted by atomic mass is 79.9. The fourth-order valence-electron chi connectivity index (χ4n) is 4.98. The Morgan fingerprint density at radius 3 is 2.59 bits per heavy atom. The maximum Gasteiger partial charge on any atom is 0.243 e. The number of piperidine rings is 1. The van der Waals surface area contributed by atoms with Gasteiger partial charge in [-0.05, 0) is 51.2 Å². The Kier molecular flexibility index (Phi) is 6.29. The molecule has 168 valence electrons. The fourth-order valence-corrected chi connectivity index (χ4v) is 6.00. The highest BCUT2D eigenvalue weighted by Crippen LogP contribution is 2.39. The van der Waals surface area contributed by atoms with Crippen molar-refractivity contribution in [3.63, 3.8) is 0 Å². The molecule has 2 saturated heterocycles. The van der Waals surface area contributed by atoms with E-state index in [0.717, 1.165) is 37.2 Å². The number of carbonyl (C=O) groups excluding carboxylic acids is 2. The summed E-state index contributed by atoms with van der Waals surface area (Å²) in [6, 6.07) is 14.7. The Hall–Kier alpha value is -1.87. The van der Waals surface area contributed by atoms with Crippen LogP contribution in [-0.4, -0.2) is 53.8 Å². The summed E-state index contributed by atoms with van der Waals surface area (Å²) in [6.45, 7) is 5.66. The monoisotopic (exact) mass is 514 g/mol. The summed E-state index contributed by atoms with van der Waals surface area (Å²) >= 11 is 8.52. The molecule has 0 spiro atoms. The zero-order valence-electron chi connectivity index (χ0n) is 17.8. The number of para-hydroxylation sites is 1. The summed E-state index contributed by atoms with van der Waals surface area (Å²) in [5.41, 5.74) is 4.94. The highest BCUT2D eigenvalue weighted by Gasteiger charge is 2.39. The van der Waals surface area contributed by atoms with Crippen LogP contribution in [0.4, 0.5) is 5.69 Å². The predicted molar refractivity (Wildman–Crippen MR) is 132 cm³/mol. The number of amides is 2. The van der Waals surface area contributed by atoms with Crippen LogP contribution in [-0.2, 0) is 22.7 Å². The van der Waals surface area contributed by atoms with E-state index in [1.54, 1.807) is 0 Å². The molecule has 6 nitrogen and oxygen atoms in total. The number of rotatable bonds is 4. The topological polar surface area (TPSA) is 55.9 Å². The van der Waals surface area contributed by atoms with Gasteiger partial charge in [0.25, 0.3) is 0 Å². The van der Waals surface area contributed by atoms with Gasteiger partial charge in [0.1, 0.15) is 0 Å². The second kappa shape index (κ2) is 9.17. The minimum Gasteiger partial charge on any atom is -0.368 e. The van der Waals surface area contributed by atoms with Gasteiger partial charge in [0.05, 0.1) is 17.1 Å². The van der Waals surface area contributed by atoms with Crippen molar-refractivity contribution in [1.82, 2.24) is 15.1 Å². The molecule has 8 heteroatoms. The van der Waals surface area contributed by atoms with Gasteiger partial charge < -0.3 is 4.90 Å². The van der Waals surface area contributed by atoms with Gasteiger partial charge in [-0.2, -0.15) is 12.6 Å². The number of hydrogen-bond donors (Lipinski definition) is 2. The number of nitrogens with one attached hydrogen (secondary N) is 1. The average molecular weight is 515 g/mol. The highest BCUT2D eigenvalue weighted by molar-refractivity contribution is 9.10. The largest absolute Gasteiger partial charge is 0.368 e. The van der Waals surface area contributed by atoms with Gasteiger partial charge in [0.15, 0.2) is 0 Å². The Bertz CT molecular complexity index is 1040. The molecule has 32 heavy (non-hydrogen) atoms. The van der Waals surface area contributed by atoms with Crippen LogP contribution in [0.25, 0.3) is 0 Å². The average Bonchev–Trinajstić information content (AvgIpc) is 3.11. The van der Waals surface area contributed by atoms with Crippen LogP contribution in [0, 0.1) is 0 Å². The van der Waals surface area contributed by atoms with Crippen molar-refractivity contribution >= 4 is 46.1 Å². The van der Waals surface area contributed by atoms with E-state index in [1.165, 1.54) is 22.4 Å². The van der Waals surface area contributed by atoms with E-state index in [9.17, 15) is 9.59 Å². The number of fused-ring (bicyclic) bond motifs is 1. The molecule has 0 aliphatic carbocycles. The summed E-state index contributed by atoms with van der Waals surface area (Å²) in [7, 11) is 0. The predicted octanol–water partition coefficient (Wildman–Crippen LogP) is 3.32. The number of nitrogens with zero attached hydrogens (tertiary/aromatic N) is 3. The van der Waals surface area contributed by atoms with E-state index in [1.807, 2.05) is 6.07 Å². The third-order valence-electron chi connectivity index (χ3n) is 6.74. The van der Waals surface area contributed by atoms with Crippen molar-refractivity contribution in [2.75, 3.05) is 31.1 Å². The third kappa shape index (κ3) is 4.33. The lowest BCUT2D eigenvalue weighted by Crippen LogP contribution is -2.51. The standard InChI is InChI=1S/C24H27BrN4O2S/c25-19-3-1-2-4-20(19)28-11-9-27(10-12-28)14-16-5-6-17-15-29(24(32)18(17)13-16)21-7-8-22(30)26-23(21)31/h1-6,13,21,24,32H,7-12,14-15H2,(H,26,30,31). The number of benzene rings is 2. The molecular formula is C24H27BrN4O2S. The van der Waals surface area contributed by atoms with Gasteiger partial charge in [-0.15, -0.1) is 0 Å². The fraction of sp³-hybridized carbons (Fsp3) is 0.417. The molecule has 3 aliphatic rings. The first-order valence-corrected chi connectivity index (χ1v) is 12.4. The Morgan fingerprint density at radius 2 is 1.84 bits per heavy atom. The molecule has 2 amide bonds.